The quantitative estimate of drug-likeness (QED) is 0.613. The Morgan fingerprint density at radius 1 is 1.91 bits per heavy atom. The van der Waals surface area contributed by atoms with Gasteiger partial charge in [0.2, 0.25) is 0 Å². The van der Waals surface area contributed by atoms with Gasteiger partial charge >= 0.3 is 0 Å². The highest BCUT2D eigenvalue weighted by Crippen LogP contribution is 2.28. The van der Waals surface area contributed by atoms with Crippen molar-refractivity contribution in [3.05, 3.63) is 0 Å². The van der Waals surface area contributed by atoms with Crippen molar-refractivity contribution < 1.29 is 9.53 Å². The molecule has 0 radical (unpaired) electrons. The largest absolute Gasteiger partial charge is 0.362 e. The molecule has 1 fully saturated rings. The molecule has 0 aromatic carbocycles. The monoisotopic (exact) mass is 175 g/mol. The molecule has 2 atom stereocenters. The Hall–Kier alpha value is -0.0600. The van der Waals surface area contributed by atoms with Crippen LogP contribution in [0.3, 0.4) is 0 Å². The maximum absolute atomic E-state index is 11.4. The van der Waals surface area contributed by atoms with Gasteiger partial charge in [-0.05, 0) is 13.2 Å². The van der Waals surface area contributed by atoms with Crippen molar-refractivity contribution in [2.24, 2.45) is 5.73 Å². The second-order valence-electron chi connectivity index (χ2n) is 2.95. The molecule has 11 heavy (non-hydrogen) atoms. The second kappa shape index (κ2) is 3.13. The van der Waals surface area contributed by atoms with E-state index in [0.29, 0.717) is 12.4 Å². The van der Waals surface area contributed by atoms with Crippen LogP contribution in [0.15, 0.2) is 0 Å². The van der Waals surface area contributed by atoms with Gasteiger partial charge in [0.15, 0.2) is 5.78 Å². The first kappa shape index (κ1) is 9.03. The van der Waals surface area contributed by atoms with Crippen LogP contribution in [0.2, 0.25) is 0 Å². The lowest BCUT2D eigenvalue weighted by molar-refractivity contribution is -0.124. The molecule has 0 spiro atoms. The third kappa shape index (κ3) is 1.95. The maximum atomic E-state index is 11.4. The zero-order valence-electron chi connectivity index (χ0n) is 6.79. The lowest BCUT2D eigenvalue weighted by atomic mass is 10.0. The number of Topliss-reactive ketones (excluding diaryl/α,β-unsaturated/α-hetero) is 1. The third-order valence-electron chi connectivity index (χ3n) is 1.78. The molecular formula is C7H13NO2S. The molecule has 0 aromatic heterocycles. The van der Waals surface area contributed by atoms with Crippen molar-refractivity contribution in [3.8, 4) is 0 Å². The van der Waals surface area contributed by atoms with Crippen molar-refractivity contribution in [1.29, 1.82) is 0 Å². The van der Waals surface area contributed by atoms with Crippen molar-refractivity contribution in [1.82, 2.24) is 0 Å². The van der Waals surface area contributed by atoms with Crippen LogP contribution >= 0.6 is 11.8 Å². The summed E-state index contributed by atoms with van der Waals surface area (Å²) in [7, 11) is 0. The first-order valence-corrected chi connectivity index (χ1v) is 4.92. The highest BCUT2D eigenvalue weighted by atomic mass is 32.2. The normalized spacial score (nSPS) is 31.5. The van der Waals surface area contributed by atoms with Gasteiger partial charge in [-0.1, -0.05) is 0 Å². The van der Waals surface area contributed by atoms with Crippen LogP contribution in [-0.4, -0.2) is 36.0 Å². The number of epoxide rings is 1. The molecule has 1 rings (SSSR count). The van der Waals surface area contributed by atoms with Crippen molar-refractivity contribution in [3.63, 3.8) is 0 Å². The molecule has 64 valence electrons. The number of ketones is 1. The van der Waals surface area contributed by atoms with E-state index in [-0.39, 0.29) is 11.8 Å². The van der Waals surface area contributed by atoms with Gasteiger partial charge in [0.05, 0.1) is 12.6 Å². The zero-order valence-corrected chi connectivity index (χ0v) is 7.61. The van der Waals surface area contributed by atoms with Gasteiger partial charge < -0.3 is 10.5 Å². The number of carbonyl (C=O) groups excluding carboxylic acids is 1. The van der Waals surface area contributed by atoms with Crippen LogP contribution in [0, 0.1) is 0 Å². The maximum Gasteiger partial charge on any atom is 0.184 e. The van der Waals surface area contributed by atoms with Gasteiger partial charge in [-0.2, -0.15) is 11.8 Å². The van der Waals surface area contributed by atoms with E-state index in [1.54, 1.807) is 18.7 Å². The number of hydrogen-bond donors (Lipinski definition) is 1. The molecule has 0 aromatic rings. The molecular weight excluding hydrogens is 162 g/mol. The van der Waals surface area contributed by atoms with Crippen LogP contribution in [0.4, 0.5) is 0 Å². The minimum absolute atomic E-state index is 0.0341. The number of hydrogen-bond acceptors (Lipinski definition) is 4. The van der Waals surface area contributed by atoms with Crippen LogP contribution in [0.5, 0.6) is 0 Å². The minimum Gasteiger partial charge on any atom is -0.362 e. The zero-order chi connectivity index (χ0) is 8.48. The molecule has 1 aliphatic heterocycles. The Morgan fingerprint density at radius 3 is 2.82 bits per heavy atom. The lowest BCUT2D eigenvalue weighted by Crippen LogP contribution is -2.41. The highest BCUT2D eigenvalue weighted by molar-refractivity contribution is 7.98. The van der Waals surface area contributed by atoms with Crippen LogP contribution in [0.1, 0.15) is 6.92 Å². The second-order valence-corrected chi connectivity index (χ2v) is 3.86. The fourth-order valence-corrected chi connectivity index (χ4v) is 1.41. The Balaban J connectivity index is 2.40. The van der Waals surface area contributed by atoms with E-state index in [1.165, 1.54) is 0 Å². The number of ether oxygens (including phenoxy) is 1. The van der Waals surface area contributed by atoms with Gasteiger partial charge in [0.25, 0.3) is 0 Å². The number of rotatable bonds is 4. The molecule has 0 amide bonds. The smallest absolute Gasteiger partial charge is 0.184 e. The van der Waals surface area contributed by atoms with Gasteiger partial charge in [0.1, 0.15) is 5.60 Å². The molecule has 4 heteroatoms. The summed E-state index contributed by atoms with van der Waals surface area (Å²) in [5.41, 5.74) is 5.06. The average molecular weight is 175 g/mol. The average Bonchev–Trinajstić information content (AvgIpc) is 2.68. The predicted molar refractivity (Wildman–Crippen MR) is 45.7 cm³/mol. The van der Waals surface area contributed by atoms with E-state index in [1.807, 2.05) is 6.26 Å². The van der Waals surface area contributed by atoms with E-state index in [0.717, 1.165) is 0 Å². The molecule has 1 unspecified atom stereocenters. The summed E-state index contributed by atoms with van der Waals surface area (Å²) in [6, 6.07) is -0.363. The van der Waals surface area contributed by atoms with E-state index >= 15 is 0 Å². The minimum atomic E-state index is -0.546. The van der Waals surface area contributed by atoms with Crippen molar-refractivity contribution in [2.45, 2.75) is 18.6 Å². The number of thioether (sulfide) groups is 1. The van der Waals surface area contributed by atoms with Crippen molar-refractivity contribution >= 4 is 17.5 Å². The molecule has 1 aliphatic rings. The predicted octanol–water partition coefficient (Wildman–Crippen LogP) is 0.0347. The molecule has 0 bridgehead atoms. The fourth-order valence-electron chi connectivity index (χ4n) is 0.898. The topological polar surface area (TPSA) is 55.6 Å². The highest BCUT2D eigenvalue weighted by Gasteiger charge is 2.48. The first-order valence-electron chi connectivity index (χ1n) is 3.53. The SMILES string of the molecule is CSC[C@H](N)C(=O)C1(C)CO1. The van der Waals surface area contributed by atoms with Crippen LogP contribution in [0.25, 0.3) is 0 Å². The molecule has 2 N–H and O–H groups in total. The van der Waals surface area contributed by atoms with Crippen molar-refractivity contribution in [2.75, 3.05) is 18.6 Å². The van der Waals surface area contributed by atoms with Gasteiger partial charge in [0, 0.05) is 5.75 Å². The standard InChI is InChI=1S/C7H13NO2S/c1-7(4-10-7)6(9)5(8)3-11-2/h5H,3-4,8H2,1-2H3/t5-,7?/m0/s1. The number of carbonyl (C=O) groups is 1. The summed E-state index contributed by atoms with van der Waals surface area (Å²) in [5.74, 6) is 0.712. The Bertz CT molecular complexity index is 168. The summed E-state index contributed by atoms with van der Waals surface area (Å²) < 4.78 is 4.99. The summed E-state index contributed by atoms with van der Waals surface area (Å²) in [5, 5.41) is 0. The molecule has 1 saturated heterocycles. The molecule has 1 heterocycles. The fraction of sp³-hybridized carbons (Fsp3) is 0.857. The summed E-state index contributed by atoms with van der Waals surface area (Å²) >= 11 is 1.58. The van der Waals surface area contributed by atoms with Gasteiger partial charge in [-0.25, -0.2) is 0 Å². The van der Waals surface area contributed by atoms with Crippen LogP contribution in [-0.2, 0) is 9.53 Å². The Labute approximate surface area is 70.7 Å². The number of nitrogens with two attached hydrogens (primary N) is 1. The Kier molecular flexibility index (Phi) is 2.57. The molecule has 0 aliphatic carbocycles. The third-order valence-corrected chi connectivity index (χ3v) is 2.47. The summed E-state index contributed by atoms with van der Waals surface area (Å²) in [6.07, 6.45) is 1.93. The van der Waals surface area contributed by atoms with Crippen LogP contribution < -0.4 is 5.73 Å². The van der Waals surface area contributed by atoms with Gasteiger partial charge in [-0.15, -0.1) is 0 Å². The summed E-state index contributed by atoms with van der Waals surface area (Å²) in [6.45, 7) is 2.32. The van der Waals surface area contributed by atoms with E-state index in [9.17, 15) is 4.79 Å². The van der Waals surface area contributed by atoms with E-state index in [4.69, 9.17) is 10.5 Å². The van der Waals surface area contributed by atoms with Gasteiger partial charge in [-0.3, -0.25) is 4.79 Å². The Morgan fingerprint density at radius 2 is 2.45 bits per heavy atom. The molecule has 3 nitrogen and oxygen atoms in total. The molecule has 0 saturated carbocycles. The first-order chi connectivity index (χ1) is 5.10. The lowest BCUT2D eigenvalue weighted by Gasteiger charge is -2.10. The van der Waals surface area contributed by atoms with E-state index < -0.39 is 5.60 Å². The van der Waals surface area contributed by atoms with E-state index in [2.05, 4.69) is 0 Å². The summed E-state index contributed by atoms with van der Waals surface area (Å²) in [4.78, 5) is 11.4.